The van der Waals surface area contributed by atoms with E-state index in [1.807, 2.05) is 6.07 Å². The number of likely N-dealkylation sites (tertiary alicyclic amines) is 1. The number of anilines is 1. The molecule has 1 aromatic carbocycles. The molecule has 1 amide bonds. The van der Waals surface area contributed by atoms with Crippen LogP contribution in [0.1, 0.15) is 26.2 Å². The zero-order chi connectivity index (χ0) is 22.6. The first-order chi connectivity index (χ1) is 14.8. The molecule has 7 nitrogen and oxygen atoms in total. The molecule has 0 atom stereocenters. The third-order valence-corrected chi connectivity index (χ3v) is 5.45. The van der Waals surface area contributed by atoms with Crippen LogP contribution in [0.3, 0.4) is 0 Å². The lowest BCUT2D eigenvalue weighted by Gasteiger charge is -2.33. The number of benzene rings is 1. The Morgan fingerprint density at radius 2 is 1.84 bits per heavy atom. The van der Waals surface area contributed by atoms with Crippen molar-refractivity contribution >= 4 is 41.5 Å². The van der Waals surface area contributed by atoms with E-state index in [2.05, 4.69) is 70.2 Å². The van der Waals surface area contributed by atoms with Crippen LogP contribution < -0.4 is 15.5 Å². The van der Waals surface area contributed by atoms with Gasteiger partial charge in [-0.1, -0.05) is 30.4 Å². The highest BCUT2D eigenvalue weighted by molar-refractivity contribution is 14.0. The third-order valence-electron chi connectivity index (χ3n) is 5.45. The molecule has 0 aromatic heterocycles. The summed E-state index contributed by atoms with van der Waals surface area (Å²) in [6.45, 7) is 11.1. The molecule has 0 saturated carbocycles. The van der Waals surface area contributed by atoms with Gasteiger partial charge < -0.3 is 20.4 Å². The highest BCUT2D eigenvalue weighted by atomic mass is 127. The Balaban J connectivity index is 0.00000512. The van der Waals surface area contributed by atoms with Crippen LogP contribution in [0.5, 0.6) is 0 Å². The van der Waals surface area contributed by atoms with E-state index in [0.29, 0.717) is 6.04 Å². The number of piperidine rings is 1. The Labute approximate surface area is 211 Å². The molecule has 1 aromatic rings. The molecule has 1 heterocycles. The summed E-state index contributed by atoms with van der Waals surface area (Å²) < 4.78 is 0. The van der Waals surface area contributed by atoms with Gasteiger partial charge in [-0.15, -0.1) is 24.0 Å². The van der Waals surface area contributed by atoms with Gasteiger partial charge in [0.2, 0.25) is 5.91 Å². The SMILES string of the molecule is C=C(C)CN1CCC(NC(=NCC(=O)N(C)C)NCCCN(C)c2ccccc2)CC1.I. The van der Waals surface area contributed by atoms with Gasteiger partial charge in [0.25, 0.3) is 0 Å². The van der Waals surface area contributed by atoms with Gasteiger partial charge in [-0.05, 0) is 38.3 Å². The second-order valence-corrected chi connectivity index (χ2v) is 8.64. The van der Waals surface area contributed by atoms with Crippen LogP contribution in [-0.4, -0.2) is 88.1 Å². The largest absolute Gasteiger partial charge is 0.375 e. The predicted octanol–water partition coefficient (Wildman–Crippen LogP) is 2.79. The Bertz CT molecular complexity index is 716. The molecule has 0 radical (unpaired) electrons. The fourth-order valence-corrected chi connectivity index (χ4v) is 3.59. The van der Waals surface area contributed by atoms with Gasteiger partial charge in [0.1, 0.15) is 6.54 Å². The monoisotopic (exact) mass is 556 g/mol. The third kappa shape index (κ3) is 10.7. The molecule has 1 aliphatic heterocycles. The average Bonchev–Trinajstić information content (AvgIpc) is 2.75. The Kier molecular flexibility index (Phi) is 13.3. The standard InChI is InChI=1S/C24H40N6O.HI/c1-20(2)19-30-16-12-21(13-17-30)27-24(26-18-23(31)28(3)4)25-14-9-15-29(5)22-10-7-6-8-11-22;/h6-8,10-11,21H,1,9,12-19H2,2-5H3,(H2,25,26,27);1H. The first kappa shape index (κ1) is 28.2. The van der Waals surface area contributed by atoms with Crippen LogP contribution in [0.15, 0.2) is 47.5 Å². The van der Waals surface area contributed by atoms with E-state index < -0.39 is 0 Å². The molecular formula is C24H41IN6O. The van der Waals surface area contributed by atoms with Crippen LogP contribution in [0.25, 0.3) is 0 Å². The maximum Gasteiger partial charge on any atom is 0.243 e. The summed E-state index contributed by atoms with van der Waals surface area (Å²) >= 11 is 0. The first-order valence-electron chi connectivity index (χ1n) is 11.2. The first-order valence-corrected chi connectivity index (χ1v) is 11.2. The van der Waals surface area contributed by atoms with Crippen molar-refractivity contribution in [1.29, 1.82) is 0 Å². The summed E-state index contributed by atoms with van der Waals surface area (Å²) in [6, 6.07) is 10.8. The van der Waals surface area contributed by atoms with Crippen molar-refractivity contribution < 1.29 is 4.79 Å². The summed E-state index contributed by atoms with van der Waals surface area (Å²) in [7, 11) is 5.63. The molecule has 1 aliphatic rings. The van der Waals surface area contributed by atoms with E-state index in [-0.39, 0.29) is 36.4 Å². The molecule has 1 saturated heterocycles. The smallest absolute Gasteiger partial charge is 0.243 e. The lowest BCUT2D eigenvalue weighted by Crippen LogP contribution is -2.49. The lowest BCUT2D eigenvalue weighted by atomic mass is 10.0. The fourth-order valence-electron chi connectivity index (χ4n) is 3.59. The Hall–Kier alpha value is -1.81. The van der Waals surface area contributed by atoms with Crippen molar-refractivity contribution in [2.75, 3.05) is 65.3 Å². The van der Waals surface area contributed by atoms with Crippen molar-refractivity contribution in [1.82, 2.24) is 20.4 Å². The van der Waals surface area contributed by atoms with Gasteiger partial charge in [-0.3, -0.25) is 9.69 Å². The molecule has 2 rings (SSSR count). The number of hydrogen-bond acceptors (Lipinski definition) is 4. The van der Waals surface area contributed by atoms with Gasteiger partial charge in [-0.25, -0.2) is 4.99 Å². The minimum absolute atomic E-state index is 0. The summed E-state index contributed by atoms with van der Waals surface area (Å²) in [5, 5.41) is 6.97. The summed E-state index contributed by atoms with van der Waals surface area (Å²) in [5.74, 6) is 0.733. The van der Waals surface area contributed by atoms with Crippen molar-refractivity contribution in [2.24, 2.45) is 4.99 Å². The lowest BCUT2D eigenvalue weighted by molar-refractivity contribution is -0.127. The van der Waals surface area contributed by atoms with Crippen LogP contribution >= 0.6 is 24.0 Å². The normalized spacial score (nSPS) is 14.9. The predicted molar refractivity (Wildman–Crippen MR) is 146 cm³/mol. The number of para-hydroxylation sites is 1. The Morgan fingerprint density at radius 3 is 2.44 bits per heavy atom. The minimum atomic E-state index is 0. The number of likely N-dealkylation sites (N-methyl/N-ethyl adjacent to an activating group) is 1. The summed E-state index contributed by atoms with van der Waals surface area (Å²) in [4.78, 5) is 22.8. The van der Waals surface area contributed by atoms with Crippen LogP contribution in [0, 0.1) is 0 Å². The van der Waals surface area contributed by atoms with E-state index in [1.54, 1.807) is 19.0 Å². The molecular weight excluding hydrogens is 515 g/mol. The topological polar surface area (TPSA) is 63.2 Å². The van der Waals surface area contributed by atoms with Gasteiger partial charge in [0.05, 0.1) is 0 Å². The number of halogens is 1. The van der Waals surface area contributed by atoms with E-state index in [4.69, 9.17) is 0 Å². The maximum atomic E-state index is 12.0. The van der Waals surface area contributed by atoms with Crippen molar-refractivity contribution in [2.45, 2.75) is 32.2 Å². The highest BCUT2D eigenvalue weighted by Gasteiger charge is 2.20. The molecule has 0 bridgehead atoms. The zero-order valence-corrected chi connectivity index (χ0v) is 22.5. The molecule has 8 heteroatoms. The van der Waals surface area contributed by atoms with Crippen LogP contribution in [0.2, 0.25) is 0 Å². The van der Waals surface area contributed by atoms with Crippen molar-refractivity contribution in [3.63, 3.8) is 0 Å². The number of rotatable bonds is 10. The maximum absolute atomic E-state index is 12.0. The number of carbonyl (C=O) groups excluding carboxylic acids is 1. The number of guanidine groups is 1. The van der Waals surface area contributed by atoms with E-state index in [1.165, 1.54) is 11.3 Å². The second-order valence-electron chi connectivity index (χ2n) is 8.64. The highest BCUT2D eigenvalue weighted by Crippen LogP contribution is 2.12. The zero-order valence-electron chi connectivity index (χ0n) is 20.1. The second kappa shape index (κ2) is 15.1. The number of amides is 1. The molecule has 0 spiro atoms. The van der Waals surface area contributed by atoms with Crippen LogP contribution in [-0.2, 0) is 4.79 Å². The Morgan fingerprint density at radius 1 is 1.19 bits per heavy atom. The quantitative estimate of drug-likeness (QED) is 0.153. The average molecular weight is 557 g/mol. The van der Waals surface area contributed by atoms with Gasteiger partial charge >= 0.3 is 0 Å². The van der Waals surface area contributed by atoms with Crippen molar-refractivity contribution in [3.8, 4) is 0 Å². The molecule has 0 aliphatic carbocycles. The van der Waals surface area contributed by atoms with Gasteiger partial charge in [0, 0.05) is 65.6 Å². The van der Waals surface area contributed by atoms with Gasteiger partial charge in [-0.2, -0.15) is 0 Å². The van der Waals surface area contributed by atoms with Crippen molar-refractivity contribution in [3.05, 3.63) is 42.5 Å². The number of nitrogens with one attached hydrogen (secondary N) is 2. The van der Waals surface area contributed by atoms with E-state index in [0.717, 1.165) is 57.9 Å². The van der Waals surface area contributed by atoms with Gasteiger partial charge in [0.15, 0.2) is 5.96 Å². The number of hydrogen-bond donors (Lipinski definition) is 2. The molecule has 180 valence electrons. The van der Waals surface area contributed by atoms with E-state index >= 15 is 0 Å². The molecule has 1 fully saturated rings. The van der Waals surface area contributed by atoms with Crippen LogP contribution in [0.4, 0.5) is 5.69 Å². The number of carbonyl (C=O) groups is 1. The van der Waals surface area contributed by atoms with E-state index in [9.17, 15) is 4.79 Å². The molecule has 2 N–H and O–H groups in total. The molecule has 32 heavy (non-hydrogen) atoms. The fraction of sp³-hybridized carbons (Fsp3) is 0.583. The summed E-state index contributed by atoms with van der Waals surface area (Å²) in [5.41, 5.74) is 2.42. The minimum Gasteiger partial charge on any atom is -0.375 e. The number of aliphatic imine (C=N–C) groups is 1. The summed E-state index contributed by atoms with van der Waals surface area (Å²) in [6.07, 6.45) is 3.10. The molecule has 0 unspecified atom stereocenters. The number of nitrogens with zero attached hydrogens (tertiary/aromatic N) is 4.